The van der Waals surface area contributed by atoms with Crippen molar-refractivity contribution in [2.45, 2.75) is 20.8 Å². The van der Waals surface area contributed by atoms with Crippen LogP contribution in [-0.4, -0.2) is 19.7 Å². The van der Waals surface area contributed by atoms with E-state index in [2.05, 4.69) is 52.4 Å². The molecule has 0 saturated heterocycles. The maximum absolute atomic E-state index is 4.60. The van der Waals surface area contributed by atoms with E-state index in [1.165, 1.54) is 11.1 Å². The highest BCUT2D eigenvalue weighted by Crippen LogP contribution is 2.22. The molecule has 5 nitrogen and oxygen atoms in total. The summed E-state index contributed by atoms with van der Waals surface area (Å²) < 4.78 is 1.77. The summed E-state index contributed by atoms with van der Waals surface area (Å²) in [6.45, 7) is 6.17. The van der Waals surface area contributed by atoms with E-state index in [1.807, 2.05) is 26.2 Å². The summed E-state index contributed by atoms with van der Waals surface area (Å²) in [5.74, 6) is 0.576. The number of hydrogen-bond acceptors (Lipinski definition) is 4. The number of hydrogen-bond donors (Lipinski definition) is 1. The molecule has 22 heavy (non-hydrogen) atoms. The van der Waals surface area contributed by atoms with Crippen molar-refractivity contribution in [2.24, 2.45) is 7.05 Å². The van der Waals surface area contributed by atoms with Gasteiger partial charge < -0.3 is 5.32 Å². The van der Waals surface area contributed by atoms with Crippen molar-refractivity contribution >= 4 is 11.6 Å². The first-order valence-corrected chi connectivity index (χ1v) is 7.21. The molecule has 1 N–H and O–H groups in total. The molecule has 112 valence electrons. The number of anilines is 2. The minimum absolute atomic E-state index is 0.576. The molecule has 0 spiro atoms. The quantitative estimate of drug-likeness (QED) is 0.802. The van der Waals surface area contributed by atoms with Gasteiger partial charge in [0, 0.05) is 25.0 Å². The molecule has 0 amide bonds. The predicted octanol–water partition coefficient (Wildman–Crippen LogP) is 3.55. The Morgan fingerprint density at radius 2 is 1.86 bits per heavy atom. The molecular weight excluding hydrogens is 274 g/mol. The molecular formula is C17H19N5. The van der Waals surface area contributed by atoms with Crippen LogP contribution in [0.3, 0.4) is 0 Å². The monoisotopic (exact) mass is 293 g/mol. The molecule has 0 unspecified atom stereocenters. The van der Waals surface area contributed by atoms with Gasteiger partial charge in [0.15, 0.2) is 0 Å². The van der Waals surface area contributed by atoms with Crippen LogP contribution in [0.4, 0.5) is 11.6 Å². The first-order chi connectivity index (χ1) is 10.5. The Balaban J connectivity index is 1.92. The lowest BCUT2D eigenvalue weighted by Crippen LogP contribution is -1.98. The van der Waals surface area contributed by atoms with Gasteiger partial charge in [0.2, 0.25) is 5.95 Å². The van der Waals surface area contributed by atoms with Crippen molar-refractivity contribution in [2.75, 3.05) is 5.32 Å². The molecule has 5 heteroatoms. The van der Waals surface area contributed by atoms with Gasteiger partial charge >= 0.3 is 0 Å². The summed E-state index contributed by atoms with van der Waals surface area (Å²) in [7, 11) is 1.89. The van der Waals surface area contributed by atoms with Gasteiger partial charge in [-0.3, -0.25) is 4.68 Å². The highest BCUT2D eigenvalue weighted by atomic mass is 15.3. The smallest absolute Gasteiger partial charge is 0.227 e. The summed E-state index contributed by atoms with van der Waals surface area (Å²) in [4.78, 5) is 8.89. The Hall–Kier alpha value is -2.69. The van der Waals surface area contributed by atoms with E-state index in [-0.39, 0.29) is 0 Å². The molecule has 0 aliphatic carbocycles. The van der Waals surface area contributed by atoms with E-state index < -0.39 is 0 Å². The van der Waals surface area contributed by atoms with Crippen LogP contribution in [0.15, 0.2) is 36.7 Å². The van der Waals surface area contributed by atoms with Crippen LogP contribution in [0, 0.1) is 20.8 Å². The van der Waals surface area contributed by atoms with Crippen molar-refractivity contribution in [1.82, 2.24) is 19.7 Å². The summed E-state index contributed by atoms with van der Waals surface area (Å²) in [5.41, 5.74) is 6.37. The van der Waals surface area contributed by atoms with Crippen LogP contribution in [0.25, 0.3) is 11.3 Å². The molecule has 1 aromatic carbocycles. The molecule has 0 saturated carbocycles. The van der Waals surface area contributed by atoms with Crippen molar-refractivity contribution < 1.29 is 0 Å². The van der Waals surface area contributed by atoms with Gasteiger partial charge in [0.1, 0.15) is 0 Å². The average Bonchev–Trinajstić information content (AvgIpc) is 2.80. The normalized spacial score (nSPS) is 10.7. The Bertz CT molecular complexity index is 820. The van der Waals surface area contributed by atoms with Gasteiger partial charge in [-0.2, -0.15) is 5.10 Å². The van der Waals surface area contributed by atoms with Crippen LogP contribution in [-0.2, 0) is 7.05 Å². The predicted molar refractivity (Wildman–Crippen MR) is 88.2 cm³/mol. The number of benzene rings is 1. The second kappa shape index (κ2) is 5.60. The minimum Gasteiger partial charge on any atom is -0.321 e. The fourth-order valence-electron chi connectivity index (χ4n) is 2.32. The fraction of sp³-hybridized carbons (Fsp3) is 0.235. The highest BCUT2D eigenvalue weighted by Gasteiger charge is 2.07. The van der Waals surface area contributed by atoms with Gasteiger partial charge in [0.05, 0.1) is 17.1 Å². The van der Waals surface area contributed by atoms with Crippen molar-refractivity contribution in [3.05, 3.63) is 53.5 Å². The van der Waals surface area contributed by atoms with E-state index in [9.17, 15) is 0 Å². The zero-order valence-corrected chi connectivity index (χ0v) is 13.3. The molecule has 0 atom stereocenters. The van der Waals surface area contributed by atoms with Crippen molar-refractivity contribution in [3.8, 4) is 11.3 Å². The first-order valence-electron chi connectivity index (χ1n) is 7.21. The number of rotatable bonds is 3. The van der Waals surface area contributed by atoms with Gasteiger partial charge in [-0.25, -0.2) is 9.97 Å². The van der Waals surface area contributed by atoms with E-state index in [1.54, 1.807) is 10.9 Å². The van der Waals surface area contributed by atoms with Crippen molar-refractivity contribution in [3.63, 3.8) is 0 Å². The Morgan fingerprint density at radius 3 is 2.55 bits per heavy atom. The lowest BCUT2D eigenvalue weighted by atomic mass is 10.0. The second-order valence-corrected chi connectivity index (χ2v) is 5.49. The molecule has 2 heterocycles. The third-order valence-corrected chi connectivity index (χ3v) is 3.72. The van der Waals surface area contributed by atoms with Gasteiger partial charge in [0.25, 0.3) is 0 Å². The maximum Gasteiger partial charge on any atom is 0.227 e. The molecule has 3 rings (SSSR count). The third-order valence-electron chi connectivity index (χ3n) is 3.72. The van der Waals surface area contributed by atoms with Crippen LogP contribution in [0.2, 0.25) is 0 Å². The Morgan fingerprint density at radius 1 is 1.05 bits per heavy atom. The maximum atomic E-state index is 4.60. The summed E-state index contributed by atoms with van der Waals surface area (Å²) in [6, 6.07) is 8.27. The largest absolute Gasteiger partial charge is 0.321 e. The van der Waals surface area contributed by atoms with Crippen LogP contribution in [0.5, 0.6) is 0 Å². The molecule has 0 aliphatic heterocycles. The highest BCUT2D eigenvalue weighted by molar-refractivity contribution is 5.63. The Kier molecular flexibility index (Phi) is 3.63. The van der Waals surface area contributed by atoms with Gasteiger partial charge in [-0.15, -0.1) is 0 Å². The molecule has 0 aliphatic rings. The summed E-state index contributed by atoms with van der Waals surface area (Å²) in [5, 5.41) is 7.53. The summed E-state index contributed by atoms with van der Waals surface area (Å²) in [6.07, 6.45) is 3.69. The summed E-state index contributed by atoms with van der Waals surface area (Å²) >= 11 is 0. The molecule has 2 aromatic heterocycles. The zero-order chi connectivity index (χ0) is 15.7. The van der Waals surface area contributed by atoms with Gasteiger partial charge in [-0.1, -0.05) is 12.1 Å². The lowest BCUT2D eigenvalue weighted by Gasteiger charge is -2.07. The molecule has 0 radical (unpaired) electrons. The van der Waals surface area contributed by atoms with E-state index in [0.717, 1.165) is 22.6 Å². The first kappa shape index (κ1) is 14.3. The molecule has 0 bridgehead atoms. The van der Waals surface area contributed by atoms with Gasteiger partial charge in [-0.05, 0) is 44.0 Å². The minimum atomic E-state index is 0.576. The number of aryl methyl sites for hydroxylation is 4. The SMILES string of the molecule is Cc1ccc(-c2ccnc(Nc3cn(C)nc3C)n2)cc1C. The number of nitrogens with zero attached hydrogens (tertiary/aromatic N) is 4. The van der Waals surface area contributed by atoms with Crippen molar-refractivity contribution in [1.29, 1.82) is 0 Å². The lowest BCUT2D eigenvalue weighted by molar-refractivity contribution is 0.756. The Labute approximate surface area is 130 Å². The van der Waals surface area contributed by atoms with E-state index in [0.29, 0.717) is 5.95 Å². The fourth-order valence-corrected chi connectivity index (χ4v) is 2.32. The van der Waals surface area contributed by atoms with E-state index in [4.69, 9.17) is 0 Å². The van der Waals surface area contributed by atoms with Crippen LogP contribution < -0.4 is 5.32 Å². The topological polar surface area (TPSA) is 55.6 Å². The zero-order valence-electron chi connectivity index (χ0n) is 13.3. The standard InChI is InChI=1S/C17H19N5/c1-11-5-6-14(9-12(11)2)15-7-8-18-17(19-15)20-16-10-22(4)21-13(16)3/h5-10H,1-4H3,(H,18,19,20). The van der Waals surface area contributed by atoms with Crippen LogP contribution >= 0.6 is 0 Å². The second-order valence-electron chi connectivity index (χ2n) is 5.49. The molecule has 0 fully saturated rings. The average molecular weight is 293 g/mol. The molecule has 3 aromatic rings. The van der Waals surface area contributed by atoms with E-state index >= 15 is 0 Å². The number of nitrogens with one attached hydrogen (secondary N) is 1. The van der Waals surface area contributed by atoms with Crippen LogP contribution in [0.1, 0.15) is 16.8 Å². The number of aromatic nitrogens is 4. The third kappa shape index (κ3) is 2.83.